The van der Waals surface area contributed by atoms with Gasteiger partial charge >= 0.3 is 0 Å². The second-order valence-corrected chi connectivity index (χ2v) is 8.15. The van der Waals surface area contributed by atoms with E-state index in [0.29, 0.717) is 29.1 Å². The molecule has 1 atom stereocenters. The van der Waals surface area contributed by atoms with Gasteiger partial charge in [-0.2, -0.15) is 0 Å². The molecule has 0 saturated heterocycles. The third-order valence-electron chi connectivity index (χ3n) is 5.29. The highest BCUT2D eigenvalue weighted by Gasteiger charge is 2.51. The maximum absolute atomic E-state index is 13.4. The first kappa shape index (κ1) is 20.3. The molecule has 1 aliphatic heterocycles. The van der Waals surface area contributed by atoms with Crippen LogP contribution in [0.1, 0.15) is 27.9 Å². The predicted octanol–water partition coefficient (Wildman–Crippen LogP) is 4.47. The normalized spacial score (nSPS) is 17.7. The highest BCUT2D eigenvalue weighted by Crippen LogP contribution is 2.44. The van der Waals surface area contributed by atoms with Gasteiger partial charge in [0.15, 0.2) is 11.4 Å². The molecule has 0 bridgehead atoms. The van der Waals surface area contributed by atoms with Crippen LogP contribution in [-0.4, -0.2) is 23.9 Å². The summed E-state index contributed by atoms with van der Waals surface area (Å²) in [6, 6.07) is 21.6. The van der Waals surface area contributed by atoms with Gasteiger partial charge in [-0.3, -0.25) is 9.59 Å². The summed E-state index contributed by atoms with van der Waals surface area (Å²) in [7, 11) is 1.52. The third kappa shape index (κ3) is 3.64. The Hall–Kier alpha value is -2.96. The van der Waals surface area contributed by atoms with E-state index in [-0.39, 0.29) is 12.2 Å². The number of ether oxygens (including phenoxy) is 1. The van der Waals surface area contributed by atoms with Crippen LogP contribution >= 0.6 is 15.9 Å². The van der Waals surface area contributed by atoms with E-state index in [4.69, 9.17) is 4.74 Å². The van der Waals surface area contributed by atoms with Crippen LogP contribution in [0.5, 0.6) is 5.75 Å². The Morgan fingerprint density at radius 2 is 1.83 bits per heavy atom. The molecule has 30 heavy (non-hydrogen) atoms. The first-order chi connectivity index (χ1) is 14.4. The number of carbonyl (C=O) groups is 2. The second kappa shape index (κ2) is 8.05. The van der Waals surface area contributed by atoms with Gasteiger partial charge in [-0.05, 0) is 35.9 Å². The Morgan fingerprint density at radius 1 is 1.07 bits per heavy atom. The van der Waals surface area contributed by atoms with Gasteiger partial charge in [-0.25, -0.2) is 0 Å². The van der Waals surface area contributed by atoms with Gasteiger partial charge in [0, 0.05) is 15.6 Å². The molecule has 0 spiro atoms. The average molecular weight is 466 g/mol. The first-order valence-electron chi connectivity index (χ1n) is 9.48. The zero-order chi connectivity index (χ0) is 21.3. The third-order valence-corrected chi connectivity index (χ3v) is 5.78. The number of nitrogens with zero attached hydrogens (tertiary/aromatic N) is 1. The van der Waals surface area contributed by atoms with Crippen LogP contribution < -0.4 is 9.64 Å². The minimum Gasteiger partial charge on any atom is -0.497 e. The maximum Gasteiger partial charge on any atom is 0.264 e. The molecule has 0 fully saturated rings. The molecule has 0 aromatic heterocycles. The number of aliphatic hydroxyl groups is 1. The van der Waals surface area contributed by atoms with E-state index in [2.05, 4.69) is 15.9 Å². The van der Waals surface area contributed by atoms with Crippen molar-refractivity contribution in [3.63, 3.8) is 0 Å². The highest BCUT2D eigenvalue weighted by atomic mass is 79.9. The molecule has 3 aromatic carbocycles. The molecule has 1 N–H and O–H groups in total. The number of amides is 1. The molecule has 6 heteroatoms. The number of ketones is 1. The average Bonchev–Trinajstić information content (AvgIpc) is 2.96. The summed E-state index contributed by atoms with van der Waals surface area (Å²) in [5, 5.41) is 11.5. The van der Waals surface area contributed by atoms with Crippen molar-refractivity contribution in [2.24, 2.45) is 0 Å². The first-order valence-corrected chi connectivity index (χ1v) is 10.3. The number of halogens is 1. The van der Waals surface area contributed by atoms with Gasteiger partial charge in [0.1, 0.15) is 5.75 Å². The van der Waals surface area contributed by atoms with Gasteiger partial charge in [0.25, 0.3) is 5.91 Å². The lowest BCUT2D eigenvalue weighted by Gasteiger charge is -2.23. The SMILES string of the molecule is COc1cccc(C(=O)C[C@@]2(O)C(=O)N(Cc3ccccc3)c3ccc(Br)cc32)c1. The van der Waals surface area contributed by atoms with Crippen molar-refractivity contribution < 1.29 is 19.4 Å². The number of carbonyl (C=O) groups excluding carboxylic acids is 2. The number of rotatable bonds is 6. The summed E-state index contributed by atoms with van der Waals surface area (Å²) in [5.74, 6) is -0.299. The zero-order valence-corrected chi connectivity index (χ0v) is 17.9. The lowest BCUT2D eigenvalue weighted by atomic mass is 9.88. The number of benzene rings is 3. The van der Waals surface area contributed by atoms with E-state index in [9.17, 15) is 14.7 Å². The fourth-order valence-electron chi connectivity index (χ4n) is 3.75. The lowest BCUT2D eigenvalue weighted by molar-refractivity contribution is -0.136. The minimum absolute atomic E-state index is 0.309. The molecule has 1 heterocycles. The molecule has 0 aliphatic carbocycles. The summed E-state index contributed by atoms with van der Waals surface area (Å²) in [6.45, 7) is 0.309. The molecule has 152 valence electrons. The molecule has 3 aromatic rings. The largest absolute Gasteiger partial charge is 0.497 e. The van der Waals surface area contributed by atoms with Crippen LogP contribution in [0.25, 0.3) is 0 Å². The van der Waals surface area contributed by atoms with Gasteiger partial charge in [0.2, 0.25) is 0 Å². The summed E-state index contributed by atoms with van der Waals surface area (Å²) in [5.41, 5.74) is 0.410. The Labute approximate surface area is 183 Å². The van der Waals surface area contributed by atoms with E-state index < -0.39 is 11.5 Å². The number of hydrogen-bond donors (Lipinski definition) is 1. The van der Waals surface area contributed by atoms with E-state index in [1.165, 1.54) is 12.0 Å². The molecule has 0 unspecified atom stereocenters. The standard InChI is InChI=1S/C24H20BrNO4/c1-30-19-9-5-8-17(12-19)22(27)14-24(29)20-13-18(25)10-11-21(20)26(23(24)28)15-16-6-3-2-4-7-16/h2-13,29H,14-15H2,1H3/t24-/m0/s1. The van der Waals surface area contributed by atoms with Gasteiger partial charge in [-0.1, -0.05) is 58.4 Å². The number of fused-ring (bicyclic) bond motifs is 1. The van der Waals surface area contributed by atoms with Crippen LogP contribution in [0.4, 0.5) is 5.69 Å². The van der Waals surface area contributed by atoms with Crippen molar-refractivity contribution in [2.45, 2.75) is 18.6 Å². The fourth-order valence-corrected chi connectivity index (χ4v) is 4.11. The topological polar surface area (TPSA) is 66.8 Å². The lowest BCUT2D eigenvalue weighted by Crippen LogP contribution is -2.41. The smallest absolute Gasteiger partial charge is 0.264 e. The number of hydrogen-bond acceptors (Lipinski definition) is 4. The van der Waals surface area contributed by atoms with Crippen LogP contribution in [0.15, 0.2) is 77.3 Å². The quantitative estimate of drug-likeness (QED) is 0.545. The van der Waals surface area contributed by atoms with Gasteiger partial charge < -0.3 is 14.7 Å². The number of anilines is 1. The Bertz CT molecular complexity index is 1120. The molecule has 1 aliphatic rings. The summed E-state index contributed by atoms with van der Waals surface area (Å²) >= 11 is 3.41. The monoisotopic (exact) mass is 465 g/mol. The van der Waals surface area contributed by atoms with Gasteiger partial charge in [-0.15, -0.1) is 0 Å². The van der Waals surface area contributed by atoms with Crippen molar-refractivity contribution in [3.05, 3.63) is 94.0 Å². The zero-order valence-electron chi connectivity index (χ0n) is 16.3. The fraction of sp³-hybridized carbons (Fsp3) is 0.167. The molecule has 0 radical (unpaired) electrons. The summed E-state index contributed by atoms with van der Waals surface area (Å²) in [6.07, 6.45) is -0.353. The Kier molecular flexibility index (Phi) is 5.45. The van der Waals surface area contributed by atoms with Crippen molar-refractivity contribution in [3.8, 4) is 5.75 Å². The van der Waals surface area contributed by atoms with Crippen LogP contribution in [0.2, 0.25) is 0 Å². The molecular weight excluding hydrogens is 446 g/mol. The highest BCUT2D eigenvalue weighted by molar-refractivity contribution is 9.10. The van der Waals surface area contributed by atoms with Crippen LogP contribution in [0.3, 0.4) is 0 Å². The van der Waals surface area contributed by atoms with Crippen LogP contribution in [-0.2, 0) is 16.9 Å². The molecule has 1 amide bonds. The Morgan fingerprint density at radius 3 is 2.57 bits per heavy atom. The van der Waals surface area contributed by atoms with Gasteiger partial charge in [0.05, 0.1) is 25.8 Å². The van der Waals surface area contributed by atoms with E-state index in [1.54, 1.807) is 36.4 Å². The predicted molar refractivity (Wildman–Crippen MR) is 118 cm³/mol. The van der Waals surface area contributed by atoms with E-state index in [1.807, 2.05) is 36.4 Å². The number of methoxy groups -OCH3 is 1. The summed E-state index contributed by atoms with van der Waals surface area (Å²) in [4.78, 5) is 27.9. The molecule has 0 saturated carbocycles. The second-order valence-electron chi connectivity index (χ2n) is 7.23. The van der Waals surface area contributed by atoms with Crippen molar-refractivity contribution in [1.29, 1.82) is 0 Å². The van der Waals surface area contributed by atoms with Crippen LogP contribution in [0, 0.1) is 0 Å². The molecule has 5 nitrogen and oxygen atoms in total. The van der Waals surface area contributed by atoms with Crippen molar-refractivity contribution in [2.75, 3.05) is 12.0 Å². The van der Waals surface area contributed by atoms with E-state index in [0.717, 1.165) is 10.0 Å². The maximum atomic E-state index is 13.4. The molecular formula is C24H20BrNO4. The van der Waals surface area contributed by atoms with E-state index >= 15 is 0 Å². The summed E-state index contributed by atoms with van der Waals surface area (Å²) < 4.78 is 5.91. The molecule has 4 rings (SSSR count). The Balaban J connectivity index is 1.70. The number of Topliss-reactive ketones (excluding diaryl/α,β-unsaturated/α-hetero) is 1. The van der Waals surface area contributed by atoms with Crippen molar-refractivity contribution in [1.82, 2.24) is 0 Å². The van der Waals surface area contributed by atoms with Crippen molar-refractivity contribution >= 4 is 33.3 Å². The minimum atomic E-state index is -1.94.